The Hall–Kier alpha value is -4.60. The van der Waals surface area contributed by atoms with Gasteiger partial charge in [0.2, 0.25) is 5.95 Å². The van der Waals surface area contributed by atoms with E-state index in [1.807, 2.05) is 70.2 Å². The van der Waals surface area contributed by atoms with Crippen LogP contribution in [0.1, 0.15) is 52.9 Å². The number of anilines is 2. The number of ether oxygens (including phenoxy) is 2. The summed E-state index contributed by atoms with van der Waals surface area (Å²) in [6, 6.07) is 13.6. The third kappa shape index (κ3) is 5.82. The van der Waals surface area contributed by atoms with Crippen molar-refractivity contribution >= 4 is 11.8 Å². The molecule has 0 spiro atoms. The molecule has 4 heterocycles. The zero-order valence-electron chi connectivity index (χ0n) is 24.0. The van der Waals surface area contributed by atoms with Crippen LogP contribution in [-0.4, -0.2) is 32.3 Å². The Morgan fingerprint density at radius 2 is 1.44 bits per heavy atom. The third-order valence-electron chi connectivity index (χ3n) is 7.27. The fourth-order valence-electron chi connectivity index (χ4n) is 5.27. The summed E-state index contributed by atoms with van der Waals surface area (Å²) in [4.78, 5) is 35.7. The van der Waals surface area contributed by atoms with Gasteiger partial charge in [0.05, 0.1) is 26.3 Å². The van der Waals surface area contributed by atoms with Crippen molar-refractivity contribution in [2.45, 2.75) is 60.2 Å². The molecule has 0 bridgehead atoms. The predicted octanol–water partition coefficient (Wildman–Crippen LogP) is 3.60. The minimum Gasteiger partial charge on any atom is -0.493 e. The van der Waals surface area contributed by atoms with Crippen molar-refractivity contribution in [3.63, 3.8) is 0 Å². The first kappa shape index (κ1) is 27.9. The normalized spacial score (nSPS) is 13.0. The summed E-state index contributed by atoms with van der Waals surface area (Å²) in [7, 11) is 0. The maximum Gasteiger partial charge on any atom is 0.355 e. The quantitative estimate of drug-likeness (QED) is 0.354. The molecule has 2 aromatic carbocycles. The summed E-state index contributed by atoms with van der Waals surface area (Å²) in [5, 5.41) is 3.19. The second-order valence-corrected chi connectivity index (χ2v) is 10.1. The second kappa shape index (κ2) is 11.9. The van der Waals surface area contributed by atoms with Crippen molar-refractivity contribution in [1.82, 2.24) is 19.1 Å². The van der Waals surface area contributed by atoms with Crippen LogP contribution >= 0.6 is 0 Å². The lowest BCUT2D eigenvalue weighted by Crippen LogP contribution is -2.43. The van der Waals surface area contributed by atoms with Gasteiger partial charge in [0.15, 0.2) is 0 Å². The summed E-state index contributed by atoms with van der Waals surface area (Å²) in [5.74, 6) is 2.30. The van der Waals surface area contributed by atoms with E-state index in [-0.39, 0.29) is 25.6 Å². The van der Waals surface area contributed by atoms with E-state index in [2.05, 4.69) is 15.3 Å². The van der Waals surface area contributed by atoms with E-state index in [4.69, 9.17) is 15.2 Å². The van der Waals surface area contributed by atoms with Gasteiger partial charge in [0.25, 0.3) is 0 Å². The van der Waals surface area contributed by atoms with E-state index in [0.717, 1.165) is 63.4 Å². The number of benzene rings is 2. The number of nitrogen functional groups attached to an aromatic ring is 1. The highest BCUT2D eigenvalue weighted by atomic mass is 16.5. The number of aryl methyl sites for hydroxylation is 2. The molecule has 2 aliphatic heterocycles. The number of aromatic nitrogens is 4. The maximum absolute atomic E-state index is 13.8. The molecule has 0 unspecified atom stereocenters. The summed E-state index contributed by atoms with van der Waals surface area (Å²) < 4.78 is 13.9. The molecule has 6 rings (SSSR count). The van der Waals surface area contributed by atoms with E-state index in [1.54, 1.807) is 0 Å². The molecule has 0 fully saturated rings. The van der Waals surface area contributed by atoms with Crippen LogP contribution in [0.15, 0.2) is 52.1 Å². The van der Waals surface area contributed by atoms with Crippen LogP contribution in [0.4, 0.5) is 11.8 Å². The first-order chi connectivity index (χ1) is 19.9. The van der Waals surface area contributed by atoms with Crippen LogP contribution in [0.3, 0.4) is 0 Å². The zero-order chi connectivity index (χ0) is 29.1. The molecule has 4 aromatic rings. The van der Waals surface area contributed by atoms with Crippen LogP contribution < -0.4 is 31.9 Å². The highest BCUT2D eigenvalue weighted by molar-refractivity contribution is 5.47. The van der Waals surface area contributed by atoms with Crippen molar-refractivity contribution in [3.05, 3.63) is 103 Å². The van der Waals surface area contributed by atoms with Crippen molar-refractivity contribution in [2.24, 2.45) is 0 Å². The number of hydrogen-bond acceptors (Lipinski definition) is 8. The van der Waals surface area contributed by atoms with Crippen molar-refractivity contribution < 1.29 is 9.47 Å². The molecule has 0 aliphatic carbocycles. The Bertz CT molecular complexity index is 1690. The van der Waals surface area contributed by atoms with E-state index >= 15 is 0 Å². The van der Waals surface area contributed by atoms with E-state index in [1.165, 1.54) is 9.13 Å². The molecule has 3 N–H and O–H groups in total. The van der Waals surface area contributed by atoms with Crippen LogP contribution in [0.25, 0.3) is 0 Å². The average Bonchev–Trinajstić information content (AvgIpc) is 3.62. The molecule has 214 valence electrons. The van der Waals surface area contributed by atoms with Gasteiger partial charge in [-0.1, -0.05) is 38.1 Å². The van der Waals surface area contributed by atoms with Crippen LogP contribution in [0, 0.1) is 13.8 Å². The lowest BCUT2D eigenvalue weighted by Gasteiger charge is -2.17. The van der Waals surface area contributed by atoms with Crippen molar-refractivity contribution in [3.8, 4) is 11.5 Å². The Morgan fingerprint density at radius 3 is 2.02 bits per heavy atom. The van der Waals surface area contributed by atoms with Crippen LogP contribution in [0.2, 0.25) is 0 Å². The summed E-state index contributed by atoms with van der Waals surface area (Å²) in [6.07, 6.45) is 1.63. The van der Waals surface area contributed by atoms with E-state index < -0.39 is 11.4 Å². The zero-order valence-corrected chi connectivity index (χ0v) is 24.0. The van der Waals surface area contributed by atoms with Gasteiger partial charge in [-0.05, 0) is 59.9 Å². The highest BCUT2D eigenvalue weighted by Gasteiger charge is 2.19. The van der Waals surface area contributed by atoms with Gasteiger partial charge in [-0.25, -0.2) is 19.1 Å². The van der Waals surface area contributed by atoms with Gasteiger partial charge in [-0.2, -0.15) is 4.98 Å². The molecule has 2 aliphatic rings. The maximum atomic E-state index is 13.8. The van der Waals surface area contributed by atoms with Gasteiger partial charge in [0, 0.05) is 30.6 Å². The van der Waals surface area contributed by atoms with Gasteiger partial charge < -0.3 is 20.5 Å². The molecule has 0 atom stereocenters. The van der Waals surface area contributed by atoms with Crippen LogP contribution in [-0.2, 0) is 32.5 Å². The van der Waals surface area contributed by atoms with E-state index in [9.17, 15) is 9.59 Å². The molecule has 0 saturated heterocycles. The largest absolute Gasteiger partial charge is 0.493 e. The first-order valence-electron chi connectivity index (χ1n) is 14.0. The number of hydrogen-bond donors (Lipinski definition) is 2. The molecule has 10 nitrogen and oxygen atoms in total. The first-order valence-corrected chi connectivity index (χ1v) is 14.0. The lowest BCUT2D eigenvalue weighted by atomic mass is 10.1. The van der Waals surface area contributed by atoms with Gasteiger partial charge in [-0.15, -0.1) is 0 Å². The van der Waals surface area contributed by atoms with Crippen LogP contribution in [0.5, 0.6) is 11.5 Å². The molecule has 41 heavy (non-hydrogen) atoms. The van der Waals surface area contributed by atoms with E-state index in [0.29, 0.717) is 19.0 Å². The Morgan fingerprint density at radius 1 is 0.854 bits per heavy atom. The number of nitrogens with zero attached hydrogens (tertiary/aromatic N) is 4. The third-order valence-corrected chi connectivity index (χ3v) is 7.27. The molecular weight excluding hydrogens is 520 g/mol. The van der Waals surface area contributed by atoms with Crippen molar-refractivity contribution in [1.29, 1.82) is 0 Å². The average molecular weight is 557 g/mol. The summed E-state index contributed by atoms with van der Waals surface area (Å²) in [6.45, 7) is 9.74. The number of pyridine rings is 1. The summed E-state index contributed by atoms with van der Waals surface area (Å²) >= 11 is 0. The Kier molecular flexibility index (Phi) is 8.09. The number of rotatable bonds is 7. The Labute approximate surface area is 238 Å². The number of nitrogens with one attached hydrogen (secondary N) is 1. The molecule has 2 aromatic heterocycles. The van der Waals surface area contributed by atoms with Gasteiger partial charge in [-0.3, -0.25) is 4.57 Å². The number of nitrogens with two attached hydrogens (primary N) is 1. The van der Waals surface area contributed by atoms with Crippen molar-refractivity contribution in [2.75, 3.05) is 24.3 Å². The minimum atomic E-state index is -0.621. The molecular formula is C31H36N6O4. The fourth-order valence-corrected chi connectivity index (χ4v) is 5.27. The smallest absolute Gasteiger partial charge is 0.355 e. The second-order valence-electron chi connectivity index (χ2n) is 10.1. The Balaban J connectivity index is 0.00000165. The SMILES string of the molecule is CC.Cc1cc(C)c(CNc2nc(=O)n(Cc3ccc4c(c3)CCO4)c(=O)n2Cc2ccc3c(c2)CCO3)c(N)n1. The molecule has 0 radical (unpaired) electrons. The lowest BCUT2D eigenvalue weighted by molar-refractivity contribution is 0.356. The van der Waals surface area contributed by atoms with Gasteiger partial charge >= 0.3 is 11.4 Å². The van der Waals surface area contributed by atoms with Gasteiger partial charge in [0.1, 0.15) is 17.3 Å². The predicted molar refractivity (Wildman–Crippen MR) is 159 cm³/mol. The topological polar surface area (TPSA) is 126 Å². The summed E-state index contributed by atoms with van der Waals surface area (Å²) in [5.41, 5.74) is 11.6. The molecule has 0 saturated carbocycles. The number of fused-ring (bicyclic) bond motifs is 2. The molecule has 10 heteroatoms. The standard InChI is InChI=1S/C29H30N6O4.C2H6/c1-17-11-18(2)32-26(30)23(17)14-31-27-33-28(36)35(16-20-4-6-25-22(13-20)8-10-39-25)29(37)34(27)15-19-3-5-24-21(12-19)7-9-38-24;1-2/h3-6,11-13H,7-10,14-16H2,1-2H3,(H2,30,32)(H,31,33,36);1-2H3. The highest BCUT2D eigenvalue weighted by Crippen LogP contribution is 2.27. The minimum absolute atomic E-state index is 0.115. The molecule has 0 amide bonds. The monoisotopic (exact) mass is 556 g/mol. The fraction of sp³-hybridized carbons (Fsp3) is 0.355.